The molecule has 0 aromatic carbocycles. The fourth-order valence-corrected chi connectivity index (χ4v) is 2.18. The number of nitrogens with one attached hydrogen (secondary N) is 1. The molecular weight excluding hydrogens is 238 g/mol. The highest BCUT2D eigenvalue weighted by Crippen LogP contribution is 2.11. The van der Waals surface area contributed by atoms with Crippen LogP contribution < -0.4 is 11.1 Å². The molecular formula is C15H25N3O. The average Bonchev–Trinajstić information content (AvgIpc) is 2.35. The van der Waals surface area contributed by atoms with E-state index in [9.17, 15) is 4.79 Å². The van der Waals surface area contributed by atoms with Crippen LogP contribution in [0, 0.1) is 6.92 Å². The normalized spacial score (nSPS) is 12.2. The third kappa shape index (κ3) is 5.28. The van der Waals surface area contributed by atoms with Crippen molar-refractivity contribution in [3.05, 3.63) is 23.4 Å². The van der Waals surface area contributed by atoms with Crippen molar-refractivity contribution in [2.75, 3.05) is 5.73 Å². The van der Waals surface area contributed by atoms with E-state index >= 15 is 0 Å². The van der Waals surface area contributed by atoms with E-state index in [1.165, 1.54) is 0 Å². The lowest BCUT2D eigenvalue weighted by Gasteiger charge is -2.18. The Hall–Kier alpha value is -1.58. The number of amides is 1. The lowest BCUT2D eigenvalue weighted by Crippen LogP contribution is -2.34. The summed E-state index contributed by atoms with van der Waals surface area (Å²) in [5.41, 5.74) is 7.04. The topological polar surface area (TPSA) is 68.0 Å². The predicted molar refractivity (Wildman–Crippen MR) is 79.1 cm³/mol. The molecule has 0 saturated carbocycles. The lowest BCUT2D eigenvalue weighted by atomic mass is 10.0. The smallest absolute Gasteiger partial charge is 0.251 e. The molecule has 1 atom stereocenters. The molecule has 4 heteroatoms. The Balaban J connectivity index is 2.69. The van der Waals surface area contributed by atoms with Crippen molar-refractivity contribution in [3.63, 3.8) is 0 Å². The van der Waals surface area contributed by atoms with E-state index in [0.29, 0.717) is 11.4 Å². The Kier molecular flexibility index (Phi) is 6.33. The molecule has 0 bridgehead atoms. The van der Waals surface area contributed by atoms with Gasteiger partial charge in [0.2, 0.25) is 0 Å². The van der Waals surface area contributed by atoms with Crippen LogP contribution in [0.3, 0.4) is 0 Å². The van der Waals surface area contributed by atoms with Gasteiger partial charge in [0, 0.05) is 17.3 Å². The van der Waals surface area contributed by atoms with Crippen LogP contribution in [0.15, 0.2) is 12.1 Å². The Morgan fingerprint density at radius 1 is 1.32 bits per heavy atom. The molecule has 0 spiro atoms. The van der Waals surface area contributed by atoms with Gasteiger partial charge in [-0.25, -0.2) is 4.98 Å². The van der Waals surface area contributed by atoms with Crippen molar-refractivity contribution < 1.29 is 4.79 Å². The van der Waals surface area contributed by atoms with Crippen LogP contribution in [0.2, 0.25) is 0 Å². The van der Waals surface area contributed by atoms with E-state index in [1.54, 1.807) is 12.1 Å². The van der Waals surface area contributed by atoms with Gasteiger partial charge in [-0.1, -0.05) is 33.1 Å². The van der Waals surface area contributed by atoms with Crippen LogP contribution in [0.4, 0.5) is 5.82 Å². The fraction of sp³-hybridized carbons (Fsp3) is 0.600. The number of carbonyl (C=O) groups excluding carboxylic acids is 1. The van der Waals surface area contributed by atoms with Gasteiger partial charge in [0.05, 0.1) is 0 Å². The Morgan fingerprint density at radius 3 is 2.63 bits per heavy atom. The molecule has 19 heavy (non-hydrogen) atoms. The first kappa shape index (κ1) is 15.5. The molecule has 1 unspecified atom stereocenters. The quantitative estimate of drug-likeness (QED) is 0.794. The summed E-state index contributed by atoms with van der Waals surface area (Å²) in [6, 6.07) is 3.66. The Bertz CT molecular complexity index is 398. The molecule has 0 aliphatic rings. The second-order valence-electron chi connectivity index (χ2n) is 5.02. The van der Waals surface area contributed by atoms with Crippen molar-refractivity contribution in [3.8, 4) is 0 Å². The summed E-state index contributed by atoms with van der Waals surface area (Å²) < 4.78 is 0. The molecule has 0 saturated heterocycles. The third-order valence-electron chi connectivity index (χ3n) is 3.11. The van der Waals surface area contributed by atoms with Crippen molar-refractivity contribution >= 4 is 11.7 Å². The number of rotatable bonds is 7. The number of unbranched alkanes of at least 4 members (excludes halogenated alkanes) is 1. The molecule has 0 radical (unpaired) electrons. The van der Waals surface area contributed by atoms with Gasteiger partial charge >= 0.3 is 0 Å². The highest BCUT2D eigenvalue weighted by Gasteiger charge is 2.13. The molecule has 106 valence electrons. The summed E-state index contributed by atoms with van der Waals surface area (Å²) in [4.78, 5) is 16.3. The number of anilines is 1. The number of nitrogens with two attached hydrogens (primary N) is 1. The maximum atomic E-state index is 12.2. The summed E-state index contributed by atoms with van der Waals surface area (Å²) in [5, 5.41) is 3.10. The zero-order valence-electron chi connectivity index (χ0n) is 12.2. The minimum atomic E-state index is -0.0493. The number of pyridine rings is 1. The zero-order valence-corrected chi connectivity index (χ0v) is 12.2. The number of nitrogens with zero attached hydrogens (tertiary/aromatic N) is 1. The van der Waals surface area contributed by atoms with Crippen LogP contribution in [0.1, 0.15) is 62.0 Å². The molecule has 0 aliphatic heterocycles. The highest BCUT2D eigenvalue weighted by atomic mass is 16.1. The maximum absolute atomic E-state index is 12.2. The minimum absolute atomic E-state index is 0.0493. The fourth-order valence-electron chi connectivity index (χ4n) is 2.18. The lowest BCUT2D eigenvalue weighted by molar-refractivity contribution is 0.0932. The number of aryl methyl sites for hydroxylation is 1. The van der Waals surface area contributed by atoms with Crippen LogP contribution in [0.25, 0.3) is 0 Å². The second-order valence-corrected chi connectivity index (χ2v) is 5.02. The van der Waals surface area contributed by atoms with Gasteiger partial charge in [0.25, 0.3) is 5.91 Å². The largest absolute Gasteiger partial charge is 0.384 e. The molecule has 1 rings (SSSR count). The molecule has 1 aromatic rings. The third-order valence-corrected chi connectivity index (χ3v) is 3.11. The number of hydrogen-bond acceptors (Lipinski definition) is 3. The van der Waals surface area contributed by atoms with Crippen molar-refractivity contribution in [2.45, 2.75) is 58.9 Å². The molecule has 1 heterocycles. The van der Waals surface area contributed by atoms with Gasteiger partial charge in [0.15, 0.2) is 0 Å². The zero-order chi connectivity index (χ0) is 14.3. The van der Waals surface area contributed by atoms with E-state index in [-0.39, 0.29) is 11.9 Å². The highest BCUT2D eigenvalue weighted by molar-refractivity contribution is 5.95. The molecule has 4 nitrogen and oxygen atoms in total. The Morgan fingerprint density at radius 2 is 2.05 bits per heavy atom. The summed E-state index contributed by atoms with van der Waals surface area (Å²) >= 11 is 0. The van der Waals surface area contributed by atoms with E-state index in [4.69, 9.17) is 5.73 Å². The minimum Gasteiger partial charge on any atom is -0.384 e. The van der Waals surface area contributed by atoms with Gasteiger partial charge in [-0.2, -0.15) is 0 Å². The number of hydrogen-bond donors (Lipinski definition) is 2. The van der Waals surface area contributed by atoms with Crippen LogP contribution in [-0.2, 0) is 0 Å². The van der Waals surface area contributed by atoms with Crippen LogP contribution in [0.5, 0.6) is 0 Å². The number of aromatic nitrogens is 1. The van der Waals surface area contributed by atoms with Gasteiger partial charge in [-0.05, 0) is 31.9 Å². The molecule has 1 aromatic heterocycles. The summed E-state index contributed by atoms with van der Waals surface area (Å²) in [6.07, 6.45) is 5.42. The van der Waals surface area contributed by atoms with Crippen molar-refractivity contribution in [1.29, 1.82) is 0 Å². The van der Waals surface area contributed by atoms with Gasteiger partial charge in [-0.3, -0.25) is 4.79 Å². The number of nitrogen functional groups attached to an aromatic ring is 1. The predicted octanol–water partition coefficient (Wildman–Crippen LogP) is 3.06. The van der Waals surface area contributed by atoms with E-state index in [1.807, 2.05) is 6.92 Å². The van der Waals surface area contributed by atoms with Crippen molar-refractivity contribution in [1.82, 2.24) is 10.3 Å². The van der Waals surface area contributed by atoms with Crippen LogP contribution >= 0.6 is 0 Å². The summed E-state index contributed by atoms with van der Waals surface area (Å²) in [6.45, 7) is 6.14. The second kappa shape index (κ2) is 7.77. The Labute approximate surface area is 115 Å². The molecule has 1 amide bonds. The SMILES string of the molecule is CCCCC(CCC)NC(=O)c1cc(C)nc(N)c1. The van der Waals surface area contributed by atoms with Crippen LogP contribution in [-0.4, -0.2) is 16.9 Å². The van der Waals surface area contributed by atoms with Gasteiger partial charge < -0.3 is 11.1 Å². The number of carbonyl (C=O) groups is 1. The van der Waals surface area contributed by atoms with E-state index in [0.717, 1.165) is 37.8 Å². The standard InChI is InChI=1S/C15H25N3O/c1-4-6-8-13(7-5-2)18-15(19)12-9-11(3)17-14(16)10-12/h9-10,13H,4-8H2,1-3H3,(H2,16,17)(H,18,19). The van der Waals surface area contributed by atoms with E-state index in [2.05, 4.69) is 24.1 Å². The molecule has 0 aliphatic carbocycles. The molecule has 0 fully saturated rings. The summed E-state index contributed by atoms with van der Waals surface area (Å²) in [7, 11) is 0. The van der Waals surface area contributed by atoms with Gasteiger partial charge in [-0.15, -0.1) is 0 Å². The first-order valence-corrected chi connectivity index (χ1v) is 7.11. The van der Waals surface area contributed by atoms with Gasteiger partial charge in [0.1, 0.15) is 5.82 Å². The molecule has 3 N–H and O–H groups in total. The maximum Gasteiger partial charge on any atom is 0.251 e. The average molecular weight is 263 g/mol. The first-order chi connectivity index (χ1) is 9.06. The van der Waals surface area contributed by atoms with E-state index < -0.39 is 0 Å². The van der Waals surface area contributed by atoms with Crippen molar-refractivity contribution in [2.24, 2.45) is 0 Å². The first-order valence-electron chi connectivity index (χ1n) is 7.11. The summed E-state index contributed by atoms with van der Waals surface area (Å²) in [5.74, 6) is 0.345. The monoisotopic (exact) mass is 263 g/mol.